The first-order valence-electron chi connectivity index (χ1n) is 4.59. The van der Waals surface area contributed by atoms with Crippen LogP contribution in [0.3, 0.4) is 0 Å². The summed E-state index contributed by atoms with van der Waals surface area (Å²) in [5, 5.41) is 0.124. The quantitative estimate of drug-likeness (QED) is 0.325. The second-order valence-corrected chi connectivity index (χ2v) is 4.11. The van der Waals surface area contributed by atoms with Crippen molar-refractivity contribution in [3.8, 4) is 0 Å². The lowest BCUT2D eigenvalue weighted by Gasteiger charge is -2.14. The van der Waals surface area contributed by atoms with E-state index in [0.29, 0.717) is 0 Å². The molecule has 0 saturated carbocycles. The third-order valence-corrected chi connectivity index (χ3v) is 3.07. The molecule has 0 aromatic heterocycles. The monoisotopic (exact) mass is 246 g/mol. The third-order valence-electron chi connectivity index (χ3n) is 2.40. The molecule has 4 nitrogen and oxygen atoms in total. The highest BCUT2D eigenvalue weighted by Gasteiger charge is 2.21. The molecule has 0 N–H and O–H groups in total. The first-order valence-corrected chi connectivity index (χ1v) is 5.35. The van der Waals surface area contributed by atoms with Gasteiger partial charge < -0.3 is 4.90 Å². The van der Waals surface area contributed by atoms with Crippen LogP contribution in [0.2, 0.25) is 5.02 Å². The van der Waals surface area contributed by atoms with E-state index < -0.39 is 10.9 Å². The van der Waals surface area contributed by atoms with Crippen molar-refractivity contribution in [2.75, 3.05) is 13.1 Å². The topological polar surface area (TPSA) is 49.7 Å². The third kappa shape index (κ3) is 1.79. The standard InChI is InChI=1S/C9H8Cl2N2O2/c10-5-6(8(15)7(5)14)12-9(11)13-3-1-2-4-13/h1-4H2. The van der Waals surface area contributed by atoms with Crippen LogP contribution in [0.1, 0.15) is 12.8 Å². The fourth-order valence-electron chi connectivity index (χ4n) is 1.52. The SMILES string of the molecule is O=c1c(Cl)c(N=C(Cl)N2CCCC2)c1=O. The zero-order chi connectivity index (χ0) is 11.0. The Kier molecular flexibility index (Phi) is 2.80. The summed E-state index contributed by atoms with van der Waals surface area (Å²) in [6.07, 6.45) is 2.12. The molecule has 0 amide bonds. The van der Waals surface area contributed by atoms with E-state index in [2.05, 4.69) is 4.99 Å². The van der Waals surface area contributed by atoms with Gasteiger partial charge in [-0.15, -0.1) is 0 Å². The molecule has 1 aliphatic rings. The molecule has 2 rings (SSSR count). The molecule has 6 heteroatoms. The average molecular weight is 247 g/mol. The summed E-state index contributed by atoms with van der Waals surface area (Å²) in [5.41, 5.74) is -1.35. The maximum Gasteiger partial charge on any atom is 0.254 e. The number of rotatable bonds is 1. The lowest BCUT2D eigenvalue weighted by atomic mass is 10.2. The van der Waals surface area contributed by atoms with Crippen LogP contribution in [-0.4, -0.2) is 23.3 Å². The predicted molar refractivity (Wildman–Crippen MR) is 60.1 cm³/mol. The highest BCUT2D eigenvalue weighted by molar-refractivity contribution is 6.64. The number of likely N-dealkylation sites (tertiary alicyclic amines) is 1. The molecule has 1 aliphatic heterocycles. The van der Waals surface area contributed by atoms with Crippen LogP contribution in [-0.2, 0) is 0 Å². The summed E-state index contributed by atoms with van der Waals surface area (Å²) >= 11 is 11.4. The minimum atomic E-state index is -0.679. The number of halogens is 2. The van der Waals surface area contributed by atoms with Crippen molar-refractivity contribution >= 4 is 34.2 Å². The van der Waals surface area contributed by atoms with Gasteiger partial charge in [-0.2, -0.15) is 0 Å². The number of amidine groups is 1. The van der Waals surface area contributed by atoms with Crippen LogP contribution in [0.5, 0.6) is 0 Å². The molecule has 15 heavy (non-hydrogen) atoms. The average Bonchev–Trinajstić information content (AvgIpc) is 2.77. The molecular weight excluding hydrogens is 239 g/mol. The second-order valence-electron chi connectivity index (χ2n) is 3.40. The number of nitrogens with zero attached hydrogens (tertiary/aromatic N) is 2. The molecular formula is C9H8Cl2N2O2. The summed E-state index contributed by atoms with van der Waals surface area (Å²) < 4.78 is 0. The van der Waals surface area contributed by atoms with E-state index in [4.69, 9.17) is 23.2 Å². The lowest BCUT2D eigenvalue weighted by Crippen LogP contribution is -2.32. The van der Waals surface area contributed by atoms with Crippen LogP contribution in [0, 0.1) is 0 Å². The largest absolute Gasteiger partial charge is 0.347 e. The highest BCUT2D eigenvalue weighted by Crippen LogP contribution is 2.20. The van der Waals surface area contributed by atoms with Gasteiger partial charge in [-0.25, -0.2) is 4.99 Å². The Labute approximate surface area is 95.8 Å². The van der Waals surface area contributed by atoms with Gasteiger partial charge in [0, 0.05) is 13.1 Å². The summed E-state index contributed by atoms with van der Waals surface area (Å²) in [6.45, 7) is 1.66. The van der Waals surface area contributed by atoms with Gasteiger partial charge in [0.25, 0.3) is 5.43 Å². The van der Waals surface area contributed by atoms with Crippen molar-refractivity contribution < 1.29 is 0 Å². The van der Waals surface area contributed by atoms with E-state index in [-0.39, 0.29) is 16.0 Å². The van der Waals surface area contributed by atoms with Gasteiger partial charge in [-0.05, 0) is 24.4 Å². The minimum absolute atomic E-state index is 0.0152. The Morgan fingerprint density at radius 1 is 1.20 bits per heavy atom. The van der Waals surface area contributed by atoms with E-state index in [1.54, 1.807) is 0 Å². The van der Waals surface area contributed by atoms with Crippen LogP contribution in [0.25, 0.3) is 0 Å². The van der Waals surface area contributed by atoms with Gasteiger partial charge in [0.15, 0.2) is 5.29 Å². The Bertz CT molecular complexity index is 482. The number of hydrogen-bond donors (Lipinski definition) is 0. The van der Waals surface area contributed by atoms with Gasteiger partial charge in [-0.3, -0.25) is 9.59 Å². The molecule has 0 radical (unpaired) electrons. The molecule has 80 valence electrons. The molecule has 1 aromatic rings. The molecule has 0 bridgehead atoms. The second kappa shape index (κ2) is 3.94. The molecule has 1 fully saturated rings. The van der Waals surface area contributed by atoms with E-state index in [1.807, 2.05) is 4.90 Å². The Hall–Kier alpha value is -0.870. The van der Waals surface area contributed by atoms with Gasteiger partial charge in [0.2, 0.25) is 5.43 Å². The number of hydrogen-bond acceptors (Lipinski definition) is 3. The summed E-state index contributed by atoms with van der Waals surface area (Å²) in [4.78, 5) is 27.6. The van der Waals surface area contributed by atoms with Crippen LogP contribution >= 0.6 is 23.2 Å². The molecule has 0 unspecified atom stereocenters. The first-order chi connectivity index (χ1) is 7.11. The van der Waals surface area contributed by atoms with Crippen molar-refractivity contribution in [2.24, 2.45) is 4.99 Å². The highest BCUT2D eigenvalue weighted by atomic mass is 35.5. The Morgan fingerprint density at radius 2 is 1.80 bits per heavy atom. The minimum Gasteiger partial charge on any atom is -0.347 e. The van der Waals surface area contributed by atoms with Crippen molar-refractivity contribution in [3.63, 3.8) is 0 Å². The summed E-state index contributed by atoms with van der Waals surface area (Å²) in [5.74, 6) is 0. The van der Waals surface area contributed by atoms with Crippen LogP contribution in [0.4, 0.5) is 5.69 Å². The molecule has 1 aromatic carbocycles. The van der Waals surface area contributed by atoms with Crippen LogP contribution < -0.4 is 10.9 Å². The predicted octanol–water partition coefficient (Wildman–Crippen LogP) is 1.26. The molecule has 0 aliphatic carbocycles. The van der Waals surface area contributed by atoms with Crippen molar-refractivity contribution in [1.82, 2.24) is 4.90 Å². The van der Waals surface area contributed by atoms with Crippen LogP contribution in [0.15, 0.2) is 14.6 Å². The van der Waals surface area contributed by atoms with Crippen molar-refractivity contribution in [2.45, 2.75) is 12.8 Å². The van der Waals surface area contributed by atoms with Gasteiger partial charge in [0.1, 0.15) is 10.7 Å². The zero-order valence-corrected chi connectivity index (χ0v) is 9.31. The van der Waals surface area contributed by atoms with Gasteiger partial charge >= 0.3 is 0 Å². The zero-order valence-electron chi connectivity index (χ0n) is 7.80. The Morgan fingerprint density at radius 3 is 2.33 bits per heavy atom. The smallest absolute Gasteiger partial charge is 0.254 e. The fraction of sp³-hybridized carbons (Fsp3) is 0.444. The molecule has 1 heterocycles. The Balaban J connectivity index is 2.23. The van der Waals surface area contributed by atoms with Gasteiger partial charge in [0.05, 0.1) is 0 Å². The fourth-order valence-corrected chi connectivity index (χ4v) is 1.98. The lowest BCUT2D eigenvalue weighted by molar-refractivity contribution is 0.529. The molecule has 0 atom stereocenters. The normalized spacial score (nSPS) is 17.7. The maximum atomic E-state index is 11.0. The first kappa shape index (κ1) is 10.6. The summed E-state index contributed by atoms with van der Waals surface area (Å²) in [6, 6.07) is 0. The molecule has 1 saturated heterocycles. The van der Waals surface area contributed by atoms with E-state index in [9.17, 15) is 9.59 Å². The molecule has 0 spiro atoms. The van der Waals surface area contributed by atoms with E-state index >= 15 is 0 Å². The van der Waals surface area contributed by atoms with Crippen molar-refractivity contribution in [3.05, 3.63) is 25.5 Å². The summed E-state index contributed by atoms with van der Waals surface area (Å²) in [7, 11) is 0. The van der Waals surface area contributed by atoms with E-state index in [1.165, 1.54) is 0 Å². The maximum absolute atomic E-state index is 11.0. The van der Waals surface area contributed by atoms with Crippen molar-refractivity contribution in [1.29, 1.82) is 0 Å². The number of aliphatic imine (C=N–C) groups is 1. The van der Waals surface area contributed by atoms with Gasteiger partial charge in [-0.1, -0.05) is 11.6 Å². The van der Waals surface area contributed by atoms with E-state index in [0.717, 1.165) is 25.9 Å².